The molecule has 19 heavy (non-hydrogen) atoms. The second kappa shape index (κ2) is 7.36. The largest absolute Gasteiger partial charge is 0.497 e. The van der Waals surface area contributed by atoms with E-state index in [1.807, 2.05) is 12.1 Å². The molecule has 5 heteroatoms. The molecule has 0 bridgehead atoms. The van der Waals surface area contributed by atoms with E-state index in [0.29, 0.717) is 17.4 Å². The summed E-state index contributed by atoms with van der Waals surface area (Å²) in [7, 11) is 1.60. The quantitative estimate of drug-likeness (QED) is 0.892. The summed E-state index contributed by atoms with van der Waals surface area (Å²) in [6.07, 6.45) is 2.14. The minimum atomic E-state index is -0.0329. The molecule has 0 aliphatic carbocycles. The molecule has 1 aliphatic rings. The molecule has 1 aromatic carbocycles. The summed E-state index contributed by atoms with van der Waals surface area (Å²) in [6.45, 7) is 3.14. The predicted molar refractivity (Wildman–Crippen MR) is 78.2 cm³/mol. The molecule has 2 rings (SSSR count). The van der Waals surface area contributed by atoms with Crippen molar-refractivity contribution in [2.24, 2.45) is 0 Å². The summed E-state index contributed by atoms with van der Waals surface area (Å²) in [5.74, 6) is 0.673. The Labute approximate surface area is 120 Å². The van der Waals surface area contributed by atoms with E-state index in [0.717, 1.165) is 19.4 Å². The highest BCUT2D eigenvalue weighted by Crippen LogP contribution is 2.14. The zero-order valence-corrected chi connectivity index (χ0v) is 12.1. The van der Waals surface area contributed by atoms with Crippen LogP contribution in [0.2, 0.25) is 0 Å². The maximum absolute atomic E-state index is 12.1. The van der Waals surface area contributed by atoms with E-state index in [-0.39, 0.29) is 24.4 Å². The molecule has 106 valence electrons. The molecule has 1 saturated heterocycles. The van der Waals surface area contributed by atoms with Crippen LogP contribution in [0.4, 0.5) is 0 Å². The van der Waals surface area contributed by atoms with Crippen molar-refractivity contribution in [3.8, 4) is 5.75 Å². The van der Waals surface area contributed by atoms with Gasteiger partial charge in [-0.25, -0.2) is 0 Å². The maximum atomic E-state index is 12.1. The molecule has 1 fully saturated rings. The summed E-state index contributed by atoms with van der Waals surface area (Å²) >= 11 is 0. The number of hydrogen-bond acceptors (Lipinski definition) is 3. The van der Waals surface area contributed by atoms with Crippen LogP contribution >= 0.6 is 12.4 Å². The lowest BCUT2D eigenvalue weighted by molar-refractivity contribution is 0.0919. The molecule has 1 heterocycles. The molecule has 1 aliphatic heterocycles. The van der Waals surface area contributed by atoms with Gasteiger partial charge in [0.1, 0.15) is 5.75 Å². The van der Waals surface area contributed by atoms with Gasteiger partial charge in [-0.05, 0) is 44.5 Å². The average Bonchev–Trinajstić information content (AvgIpc) is 2.41. The smallest absolute Gasteiger partial charge is 0.251 e. The molecule has 2 unspecified atom stereocenters. The average molecular weight is 285 g/mol. The van der Waals surface area contributed by atoms with Crippen LogP contribution in [-0.2, 0) is 0 Å². The van der Waals surface area contributed by atoms with Crippen molar-refractivity contribution in [2.45, 2.75) is 31.8 Å². The van der Waals surface area contributed by atoms with Crippen molar-refractivity contribution < 1.29 is 9.53 Å². The van der Waals surface area contributed by atoms with Gasteiger partial charge in [0.2, 0.25) is 0 Å². The first-order chi connectivity index (χ1) is 8.70. The van der Waals surface area contributed by atoms with Gasteiger partial charge < -0.3 is 15.4 Å². The number of carbonyl (C=O) groups is 1. The first-order valence-corrected chi connectivity index (χ1v) is 6.39. The number of amides is 1. The van der Waals surface area contributed by atoms with Gasteiger partial charge in [0.15, 0.2) is 0 Å². The Morgan fingerprint density at radius 1 is 1.47 bits per heavy atom. The lowest BCUT2D eigenvalue weighted by Crippen LogP contribution is -2.51. The summed E-state index contributed by atoms with van der Waals surface area (Å²) in [4.78, 5) is 12.1. The molecule has 2 N–H and O–H groups in total. The van der Waals surface area contributed by atoms with Crippen molar-refractivity contribution in [1.82, 2.24) is 10.6 Å². The minimum absolute atomic E-state index is 0. The standard InChI is InChI=1S/C14H20N2O2.ClH/c1-10-13(7-4-8-15-10)16-14(17)11-5-3-6-12(9-11)18-2;/h3,5-6,9-10,13,15H,4,7-8H2,1-2H3,(H,16,17);1H. The van der Waals surface area contributed by atoms with E-state index in [1.54, 1.807) is 19.2 Å². The zero-order valence-electron chi connectivity index (χ0n) is 11.3. The van der Waals surface area contributed by atoms with Crippen LogP contribution < -0.4 is 15.4 Å². The van der Waals surface area contributed by atoms with Crippen LogP contribution in [-0.4, -0.2) is 31.6 Å². The van der Waals surface area contributed by atoms with Crippen LogP contribution in [0.1, 0.15) is 30.1 Å². The summed E-state index contributed by atoms with van der Waals surface area (Å²) in [5, 5.41) is 6.45. The third kappa shape index (κ3) is 4.11. The highest BCUT2D eigenvalue weighted by atomic mass is 35.5. The number of halogens is 1. The Balaban J connectivity index is 0.00000180. The van der Waals surface area contributed by atoms with Gasteiger partial charge >= 0.3 is 0 Å². The second-order valence-electron chi connectivity index (χ2n) is 4.70. The summed E-state index contributed by atoms with van der Waals surface area (Å²) < 4.78 is 5.12. The molecule has 1 aromatic rings. The maximum Gasteiger partial charge on any atom is 0.251 e. The van der Waals surface area contributed by atoms with E-state index < -0.39 is 0 Å². The SMILES string of the molecule is COc1cccc(C(=O)NC2CCCNC2C)c1.Cl. The molecule has 4 nitrogen and oxygen atoms in total. The number of ether oxygens (including phenoxy) is 1. The third-order valence-electron chi connectivity index (χ3n) is 3.41. The molecule has 2 atom stereocenters. The zero-order chi connectivity index (χ0) is 13.0. The van der Waals surface area contributed by atoms with Crippen LogP contribution in [0, 0.1) is 0 Å². The van der Waals surface area contributed by atoms with Crippen molar-refractivity contribution >= 4 is 18.3 Å². The number of piperidine rings is 1. The Bertz CT molecular complexity index is 426. The summed E-state index contributed by atoms with van der Waals surface area (Å²) in [6, 6.07) is 7.76. The number of carbonyl (C=O) groups excluding carboxylic acids is 1. The number of benzene rings is 1. The van der Waals surface area contributed by atoms with Gasteiger partial charge in [0.05, 0.1) is 7.11 Å². The van der Waals surface area contributed by atoms with Gasteiger partial charge in [-0.1, -0.05) is 6.07 Å². The topological polar surface area (TPSA) is 50.4 Å². The fourth-order valence-electron chi connectivity index (χ4n) is 2.26. The minimum Gasteiger partial charge on any atom is -0.497 e. The van der Waals surface area contributed by atoms with Crippen LogP contribution in [0.3, 0.4) is 0 Å². The molecular formula is C14H21ClN2O2. The summed E-state index contributed by atoms with van der Waals surface area (Å²) in [5.41, 5.74) is 0.645. The van der Waals surface area contributed by atoms with E-state index in [1.165, 1.54) is 0 Å². The van der Waals surface area contributed by atoms with Crippen molar-refractivity contribution in [2.75, 3.05) is 13.7 Å². The molecular weight excluding hydrogens is 264 g/mol. The Kier molecular flexibility index (Phi) is 6.12. The normalized spacial score (nSPS) is 22.2. The lowest BCUT2D eigenvalue weighted by atomic mass is 9.99. The number of hydrogen-bond donors (Lipinski definition) is 2. The Morgan fingerprint density at radius 2 is 2.26 bits per heavy atom. The van der Waals surface area contributed by atoms with Gasteiger partial charge in [-0.2, -0.15) is 0 Å². The van der Waals surface area contributed by atoms with Gasteiger partial charge in [0.25, 0.3) is 5.91 Å². The molecule has 1 amide bonds. The van der Waals surface area contributed by atoms with Crippen LogP contribution in [0.15, 0.2) is 24.3 Å². The fraction of sp³-hybridized carbons (Fsp3) is 0.500. The molecule has 0 aromatic heterocycles. The van der Waals surface area contributed by atoms with Crippen molar-refractivity contribution in [1.29, 1.82) is 0 Å². The van der Waals surface area contributed by atoms with E-state index in [4.69, 9.17) is 4.74 Å². The Morgan fingerprint density at radius 3 is 2.95 bits per heavy atom. The molecule has 0 saturated carbocycles. The van der Waals surface area contributed by atoms with E-state index in [9.17, 15) is 4.79 Å². The van der Waals surface area contributed by atoms with Gasteiger partial charge in [0, 0.05) is 17.6 Å². The Hall–Kier alpha value is -1.26. The highest BCUT2D eigenvalue weighted by Gasteiger charge is 2.22. The van der Waals surface area contributed by atoms with Crippen molar-refractivity contribution in [3.63, 3.8) is 0 Å². The monoisotopic (exact) mass is 284 g/mol. The second-order valence-corrected chi connectivity index (χ2v) is 4.70. The third-order valence-corrected chi connectivity index (χ3v) is 3.41. The van der Waals surface area contributed by atoms with Crippen LogP contribution in [0.25, 0.3) is 0 Å². The number of rotatable bonds is 3. The van der Waals surface area contributed by atoms with Gasteiger partial charge in [-0.15, -0.1) is 12.4 Å². The van der Waals surface area contributed by atoms with E-state index in [2.05, 4.69) is 17.6 Å². The van der Waals surface area contributed by atoms with Gasteiger partial charge in [-0.3, -0.25) is 4.79 Å². The van der Waals surface area contributed by atoms with Crippen molar-refractivity contribution in [3.05, 3.63) is 29.8 Å². The van der Waals surface area contributed by atoms with E-state index >= 15 is 0 Å². The predicted octanol–water partition coefficient (Wildman–Crippen LogP) is 1.99. The first-order valence-electron chi connectivity index (χ1n) is 6.39. The first kappa shape index (κ1) is 15.8. The lowest BCUT2D eigenvalue weighted by Gasteiger charge is -2.30. The van der Waals surface area contributed by atoms with Crippen LogP contribution in [0.5, 0.6) is 5.75 Å². The highest BCUT2D eigenvalue weighted by molar-refractivity contribution is 5.94. The number of nitrogens with one attached hydrogen (secondary N) is 2. The molecule has 0 radical (unpaired) electrons. The fourth-order valence-corrected chi connectivity index (χ4v) is 2.26. The number of methoxy groups -OCH3 is 1. The molecule has 0 spiro atoms.